The van der Waals surface area contributed by atoms with E-state index in [4.69, 9.17) is 4.74 Å². The molecule has 0 aromatic heterocycles. The first-order valence-electron chi connectivity index (χ1n) is 10.5. The first-order chi connectivity index (χ1) is 15.3. The van der Waals surface area contributed by atoms with E-state index in [1.165, 1.54) is 35.2 Å². The summed E-state index contributed by atoms with van der Waals surface area (Å²) in [5.41, 5.74) is 1.40. The predicted octanol–water partition coefficient (Wildman–Crippen LogP) is 3.77. The van der Waals surface area contributed by atoms with Gasteiger partial charge >= 0.3 is 0 Å². The van der Waals surface area contributed by atoms with E-state index in [1.807, 2.05) is 0 Å². The van der Waals surface area contributed by atoms with Gasteiger partial charge in [-0.05, 0) is 23.8 Å². The average Bonchev–Trinajstić information content (AvgIpc) is 3.22. The Morgan fingerprint density at radius 1 is 1.16 bits per heavy atom. The number of halogens is 2. The van der Waals surface area contributed by atoms with Gasteiger partial charge < -0.3 is 9.64 Å². The van der Waals surface area contributed by atoms with Crippen molar-refractivity contribution in [2.24, 2.45) is 11.0 Å². The largest absolute Gasteiger partial charge is 0.383 e. The number of benzene rings is 2. The summed E-state index contributed by atoms with van der Waals surface area (Å²) in [6.45, 7) is 3.89. The molecule has 170 valence electrons. The van der Waals surface area contributed by atoms with Gasteiger partial charge in [-0.3, -0.25) is 9.59 Å². The lowest BCUT2D eigenvalue weighted by atomic mass is 9.98. The smallest absolute Gasteiger partial charge is 0.262 e. The molecule has 1 atom stereocenters. The van der Waals surface area contributed by atoms with E-state index in [9.17, 15) is 18.4 Å². The Morgan fingerprint density at radius 2 is 1.84 bits per heavy atom. The summed E-state index contributed by atoms with van der Waals surface area (Å²) in [5, 5.41) is 5.71. The SMILES string of the molecule is COCCN(CC(=O)N1N=C(c2ccccc2F)CC1c1ccc(F)cc1)C(=O)C(C)C. The summed E-state index contributed by atoms with van der Waals surface area (Å²) in [4.78, 5) is 27.3. The maximum Gasteiger partial charge on any atom is 0.262 e. The van der Waals surface area contributed by atoms with E-state index in [1.54, 1.807) is 44.2 Å². The number of methoxy groups -OCH3 is 1. The second-order valence-electron chi connectivity index (χ2n) is 7.94. The molecule has 8 heteroatoms. The molecule has 2 amide bonds. The van der Waals surface area contributed by atoms with Crippen LogP contribution in [0.25, 0.3) is 0 Å². The summed E-state index contributed by atoms with van der Waals surface area (Å²) < 4.78 is 32.9. The monoisotopic (exact) mass is 443 g/mol. The van der Waals surface area contributed by atoms with Crippen molar-refractivity contribution in [2.45, 2.75) is 26.3 Å². The van der Waals surface area contributed by atoms with Crippen LogP contribution in [0.4, 0.5) is 8.78 Å². The van der Waals surface area contributed by atoms with Crippen molar-refractivity contribution in [2.75, 3.05) is 26.8 Å². The Balaban J connectivity index is 1.91. The summed E-state index contributed by atoms with van der Waals surface area (Å²) in [6, 6.07) is 11.5. The standard InChI is InChI=1S/C24H27F2N3O3/c1-16(2)24(31)28(12-13-32-3)15-23(30)29-22(17-8-10-18(25)11-9-17)14-21(27-29)19-6-4-5-7-20(19)26/h4-11,16,22H,12-15H2,1-3H3. The summed E-state index contributed by atoms with van der Waals surface area (Å²) in [5.74, 6) is -1.70. The van der Waals surface area contributed by atoms with Crippen molar-refractivity contribution in [1.82, 2.24) is 9.91 Å². The minimum Gasteiger partial charge on any atom is -0.383 e. The first-order valence-corrected chi connectivity index (χ1v) is 10.5. The lowest BCUT2D eigenvalue weighted by Gasteiger charge is -2.28. The number of hydrogen-bond acceptors (Lipinski definition) is 4. The average molecular weight is 443 g/mol. The zero-order valence-electron chi connectivity index (χ0n) is 18.4. The minimum absolute atomic E-state index is 0.175. The molecule has 1 unspecified atom stereocenters. The van der Waals surface area contributed by atoms with Crippen molar-refractivity contribution in [3.63, 3.8) is 0 Å². The third-order valence-corrected chi connectivity index (χ3v) is 5.30. The predicted molar refractivity (Wildman–Crippen MR) is 117 cm³/mol. The third-order valence-electron chi connectivity index (χ3n) is 5.30. The normalized spacial score (nSPS) is 15.8. The van der Waals surface area contributed by atoms with Crippen LogP contribution in [0.5, 0.6) is 0 Å². The molecule has 0 saturated carbocycles. The van der Waals surface area contributed by atoms with Crippen LogP contribution in [-0.4, -0.2) is 54.2 Å². The lowest BCUT2D eigenvalue weighted by molar-refractivity contribution is -0.143. The van der Waals surface area contributed by atoms with Crippen LogP contribution < -0.4 is 0 Å². The molecule has 1 aliphatic heterocycles. The molecule has 0 N–H and O–H groups in total. The van der Waals surface area contributed by atoms with Crippen LogP contribution >= 0.6 is 0 Å². The summed E-state index contributed by atoms with van der Waals surface area (Å²) in [6.07, 6.45) is 0.272. The van der Waals surface area contributed by atoms with E-state index in [2.05, 4.69) is 5.10 Å². The molecule has 0 saturated heterocycles. The van der Waals surface area contributed by atoms with Gasteiger partial charge in [-0.1, -0.05) is 44.2 Å². The molecule has 1 aliphatic rings. The molecule has 0 fully saturated rings. The van der Waals surface area contributed by atoms with Gasteiger partial charge in [0.1, 0.15) is 18.2 Å². The second-order valence-corrected chi connectivity index (χ2v) is 7.94. The number of hydrogen-bond donors (Lipinski definition) is 0. The number of nitrogens with zero attached hydrogens (tertiary/aromatic N) is 3. The van der Waals surface area contributed by atoms with Crippen molar-refractivity contribution < 1.29 is 23.1 Å². The molecule has 2 aromatic carbocycles. The molecular formula is C24H27F2N3O3. The second kappa shape index (κ2) is 10.5. The number of carbonyl (C=O) groups excluding carboxylic acids is 2. The van der Waals surface area contributed by atoms with Gasteiger partial charge in [-0.2, -0.15) is 5.10 Å². The van der Waals surface area contributed by atoms with Crippen molar-refractivity contribution in [3.05, 3.63) is 71.3 Å². The number of hydrazone groups is 1. The van der Waals surface area contributed by atoms with Crippen LogP contribution in [0.3, 0.4) is 0 Å². The van der Waals surface area contributed by atoms with E-state index in [-0.39, 0.29) is 37.9 Å². The van der Waals surface area contributed by atoms with Crippen LogP contribution in [0.15, 0.2) is 53.6 Å². The highest BCUT2D eigenvalue weighted by Gasteiger charge is 2.35. The number of carbonyl (C=O) groups is 2. The van der Waals surface area contributed by atoms with Crippen molar-refractivity contribution in [1.29, 1.82) is 0 Å². The Hall–Kier alpha value is -3.13. The molecule has 0 bridgehead atoms. The van der Waals surface area contributed by atoms with Crippen LogP contribution in [-0.2, 0) is 14.3 Å². The molecule has 0 aliphatic carbocycles. The van der Waals surface area contributed by atoms with Crippen LogP contribution in [0, 0.1) is 17.6 Å². The highest BCUT2D eigenvalue weighted by molar-refractivity contribution is 6.03. The number of amides is 2. The molecule has 32 heavy (non-hydrogen) atoms. The molecule has 0 radical (unpaired) electrons. The van der Waals surface area contributed by atoms with Gasteiger partial charge in [0, 0.05) is 31.6 Å². The minimum atomic E-state index is -0.531. The van der Waals surface area contributed by atoms with E-state index in [0.717, 1.165) is 0 Å². The van der Waals surface area contributed by atoms with Gasteiger partial charge in [0.25, 0.3) is 5.91 Å². The first kappa shape index (κ1) is 23.5. The fourth-order valence-electron chi connectivity index (χ4n) is 3.61. The Labute approximate surface area is 186 Å². The van der Waals surface area contributed by atoms with Gasteiger partial charge in [-0.15, -0.1) is 0 Å². The molecule has 2 aromatic rings. The zero-order valence-corrected chi connectivity index (χ0v) is 18.4. The maximum absolute atomic E-state index is 14.4. The van der Waals surface area contributed by atoms with Gasteiger partial charge in [0.15, 0.2) is 0 Å². The van der Waals surface area contributed by atoms with E-state index >= 15 is 0 Å². The highest BCUT2D eigenvalue weighted by Crippen LogP contribution is 2.33. The lowest BCUT2D eigenvalue weighted by Crippen LogP contribution is -2.44. The Bertz CT molecular complexity index is 992. The Kier molecular flexibility index (Phi) is 7.69. The Morgan fingerprint density at radius 3 is 2.47 bits per heavy atom. The topological polar surface area (TPSA) is 62.2 Å². The van der Waals surface area contributed by atoms with Crippen molar-refractivity contribution in [3.8, 4) is 0 Å². The fourth-order valence-corrected chi connectivity index (χ4v) is 3.61. The van der Waals surface area contributed by atoms with Gasteiger partial charge in [0.05, 0.1) is 18.4 Å². The van der Waals surface area contributed by atoms with Gasteiger partial charge in [0.2, 0.25) is 5.91 Å². The quantitative estimate of drug-likeness (QED) is 0.624. The van der Waals surface area contributed by atoms with Crippen LogP contribution in [0.2, 0.25) is 0 Å². The summed E-state index contributed by atoms with van der Waals surface area (Å²) in [7, 11) is 1.52. The van der Waals surface area contributed by atoms with Crippen LogP contribution in [0.1, 0.15) is 37.4 Å². The zero-order chi connectivity index (χ0) is 23.3. The van der Waals surface area contributed by atoms with Crippen molar-refractivity contribution >= 4 is 17.5 Å². The third kappa shape index (κ3) is 5.37. The molecule has 3 rings (SSSR count). The highest BCUT2D eigenvalue weighted by atomic mass is 19.1. The number of rotatable bonds is 8. The molecule has 0 spiro atoms. The molecule has 1 heterocycles. The molecule has 6 nitrogen and oxygen atoms in total. The van der Waals surface area contributed by atoms with E-state index < -0.39 is 23.6 Å². The summed E-state index contributed by atoms with van der Waals surface area (Å²) >= 11 is 0. The fraction of sp³-hybridized carbons (Fsp3) is 0.375. The molecular weight excluding hydrogens is 416 g/mol. The number of ether oxygens (including phenoxy) is 1. The maximum atomic E-state index is 14.4. The van der Waals surface area contributed by atoms with Gasteiger partial charge in [-0.25, -0.2) is 13.8 Å². The van der Waals surface area contributed by atoms with E-state index in [0.29, 0.717) is 16.8 Å².